The van der Waals surface area contributed by atoms with Crippen LogP contribution in [0.2, 0.25) is 0 Å². The molecule has 20 heavy (non-hydrogen) atoms. The summed E-state index contributed by atoms with van der Waals surface area (Å²) >= 11 is 0. The topological polar surface area (TPSA) is 42.0 Å². The van der Waals surface area contributed by atoms with E-state index in [2.05, 4.69) is 16.7 Å². The highest BCUT2D eigenvalue weighted by Gasteiger charge is 2.47. The predicted molar refractivity (Wildman–Crippen MR) is 77.7 cm³/mol. The quantitative estimate of drug-likeness (QED) is 0.654. The molecule has 0 spiro atoms. The molecular weight excluding hydrogens is 256 g/mol. The van der Waals surface area contributed by atoms with Gasteiger partial charge < -0.3 is 14.4 Å². The smallest absolute Gasteiger partial charge is 0.228 e. The van der Waals surface area contributed by atoms with Gasteiger partial charge in [0, 0.05) is 38.7 Å². The lowest BCUT2D eigenvalue weighted by atomic mass is 10.1. The van der Waals surface area contributed by atoms with E-state index in [0.29, 0.717) is 19.1 Å². The van der Waals surface area contributed by atoms with Gasteiger partial charge in [-0.1, -0.05) is 6.92 Å². The minimum Gasteiger partial charge on any atom is -0.382 e. The second-order valence-corrected chi connectivity index (χ2v) is 6.15. The molecule has 0 N–H and O–H groups in total. The normalized spacial score (nSPS) is 22.6. The van der Waals surface area contributed by atoms with Crippen molar-refractivity contribution in [1.29, 1.82) is 0 Å². The van der Waals surface area contributed by atoms with Crippen molar-refractivity contribution >= 4 is 5.91 Å². The highest BCUT2D eigenvalue weighted by molar-refractivity contribution is 5.84. The van der Waals surface area contributed by atoms with Crippen LogP contribution in [-0.2, 0) is 14.3 Å². The van der Waals surface area contributed by atoms with Gasteiger partial charge in [-0.05, 0) is 25.8 Å². The Morgan fingerprint density at radius 2 is 1.90 bits per heavy atom. The van der Waals surface area contributed by atoms with Crippen molar-refractivity contribution in [3.05, 3.63) is 0 Å². The molecule has 2 rings (SSSR count). The number of rotatable bonds is 7. The maximum Gasteiger partial charge on any atom is 0.228 e. The highest BCUT2D eigenvalue weighted by atomic mass is 16.5. The molecule has 0 atom stereocenters. The Labute approximate surface area is 122 Å². The molecule has 5 heteroatoms. The van der Waals surface area contributed by atoms with E-state index in [0.717, 1.165) is 58.6 Å². The van der Waals surface area contributed by atoms with Gasteiger partial charge in [-0.15, -0.1) is 0 Å². The molecule has 0 aromatic carbocycles. The van der Waals surface area contributed by atoms with Crippen LogP contribution < -0.4 is 0 Å². The SMILES string of the molecule is COCCOCCN1CCCN(C(=O)C2(C)CC2)CC1. The summed E-state index contributed by atoms with van der Waals surface area (Å²) in [6.07, 6.45) is 3.21. The van der Waals surface area contributed by atoms with E-state index in [1.807, 2.05) is 0 Å². The molecule has 1 aliphatic carbocycles. The molecule has 2 aliphatic rings. The Morgan fingerprint density at radius 3 is 2.60 bits per heavy atom. The Hall–Kier alpha value is -0.650. The maximum atomic E-state index is 12.3. The van der Waals surface area contributed by atoms with Gasteiger partial charge in [0.15, 0.2) is 0 Å². The lowest BCUT2D eigenvalue weighted by Crippen LogP contribution is -2.39. The van der Waals surface area contributed by atoms with Crippen LogP contribution in [0.15, 0.2) is 0 Å². The summed E-state index contributed by atoms with van der Waals surface area (Å²) in [6.45, 7) is 8.92. The molecule has 0 bridgehead atoms. The largest absolute Gasteiger partial charge is 0.382 e. The number of carbonyl (C=O) groups excluding carboxylic acids is 1. The molecule has 1 saturated heterocycles. The van der Waals surface area contributed by atoms with Gasteiger partial charge in [-0.2, -0.15) is 0 Å². The number of nitrogens with zero attached hydrogens (tertiary/aromatic N) is 2. The summed E-state index contributed by atoms with van der Waals surface area (Å²) in [5.41, 5.74) is -0.0293. The summed E-state index contributed by atoms with van der Waals surface area (Å²) in [6, 6.07) is 0. The Bertz CT molecular complexity index is 318. The number of hydrogen-bond donors (Lipinski definition) is 0. The third-order valence-electron chi connectivity index (χ3n) is 4.38. The summed E-state index contributed by atoms with van der Waals surface area (Å²) < 4.78 is 10.5. The van der Waals surface area contributed by atoms with E-state index in [-0.39, 0.29) is 5.41 Å². The van der Waals surface area contributed by atoms with Gasteiger partial charge >= 0.3 is 0 Å². The van der Waals surface area contributed by atoms with Crippen LogP contribution in [0.1, 0.15) is 26.2 Å². The van der Waals surface area contributed by atoms with E-state index < -0.39 is 0 Å². The third kappa shape index (κ3) is 4.43. The molecule has 1 saturated carbocycles. The molecular formula is C15H28N2O3. The van der Waals surface area contributed by atoms with Crippen LogP contribution in [-0.4, -0.2) is 75.4 Å². The third-order valence-corrected chi connectivity index (χ3v) is 4.38. The minimum atomic E-state index is -0.0293. The first-order valence-corrected chi connectivity index (χ1v) is 7.74. The number of amides is 1. The molecule has 5 nitrogen and oxygen atoms in total. The van der Waals surface area contributed by atoms with Crippen LogP contribution in [0.25, 0.3) is 0 Å². The number of ether oxygens (including phenoxy) is 2. The zero-order valence-corrected chi connectivity index (χ0v) is 12.9. The second kappa shape index (κ2) is 7.38. The predicted octanol–water partition coefficient (Wildman–Crippen LogP) is 0.984. The fourth-order valence-corrected chi connectivity index (χ4v) is 2.62. The lowest BCUT2D eigenvalue weighted by molar-refractivity contribution is -0.136. The molecule has 1 amide bonds. The summed E-state index contributed by atoms with van der Waals surface area (Å²) in [7, 11) is 1.68. The van der Waals surface area contributed by atoms with Crippen molar-refractivity contribution in [2.24, 2.45) is 5.41 Å². The van der Waals surface area contributed by atoms with Crippen LogP contribution in [0.5, 0.6) is 0 Å². The summed E-state index contributed by atoms with van der Waals surface area (Å²) in [4.78, 5) is 16.8. The Kier molecular flexibility index (Phi) is 5.81. The van der Waals surface area contributed by atoms with Crippen LogP contribution >= 0.6 is 0 Å². The number of hydrogen-bond acceptors (Lipinski definition) is 4. The van der Waals surface area contributed by atoms with Crippen molar-refractivity contribution < 1.29 is 14.3 Å². The van der Waals surface area contributed by atoms with E-state index in [4.69, 9.17) is 9.47 Å². The van der Waals surface area contributed by atoms with Crippen molar-refractivity contribution in [1.82, 2.24) is 9.80 Å². The van der Waals surface area contributed by atoms with Crippen LogP contribution in [0, 0.1) is 5.41 Å². The maximum absolute atomic E-state index is 12.3. The van der Waals surface area contributed by atoms with E-state index in [9.17, 15) is 4.79 Å². The zero-order valence-electron chi connectivity index (χ0n) is 12.9. The first kappa shape index (κ1) is 15.7. The van der Waals surface area contributed by atoms with Gasteiger partial charge in [0.25, 0.3) is 0 Å². The van der Waals surface area contributed by atoms with E-state index in [1.54, 1.807) is 7.11 Å². The summed E-state index contributed by atoms with van der Waals surface area (Å²) in [5.74, 6) is 0.371. The molecule has 116 valence electrons. The Balaban J connectivity index is 1.65. The van der Waals surface area contributed by atoms with Gasteiger partial charge in [0.1, 0.15) is 0 Å². The highest BCUT2D eigenvalue weighted by Crippen LogP contribution is 2.46. The fourth-order valence-electron chi connectivity index (χ4n) is 2.62. The molecule has 0 aromatic rings. The minimum absolute atomic E-state index is 0.0293. The average Bonchev–Trinajstić information content (AvgIpc) is 3.22. The first-order chi connectivity index (χ1) is 9.65. The Morgan fingerprint density at radius 1 is 1.10 bits per heavy atom. The van der Waals surface area contributed by atoms with Crippen molar-refractivity contribution in [3.63, 3.8) is 0 Å². The van der Waals surface area contributed by atoms with E-state index >= 15 is 0 Å². The van der Waals surface area contributed by atoms with Crippen LogP contribution in [0.3, 0.4) is 0 Å². The van der Waals surface area contributed by atoms with E-state index in [1.165, 1.54) is 0 Å². The molecule has 0 radical (unpaired) electrons. The van der Waals surface area contributed by atoms with Gasteiger partial charge in [0.05, 0.1) is 19.8 Å². The van der Waals surface area contributed by atoms with Gasteiger partial charge in [-0.3, -0.25) is 9.69 Å². The van der Waals surface area contributed by atoms with Crippen LogP contribution in [0.4, 0.5) is 0 Å². The average molecular weight is 284 g/mol. The van der Waals surface area contributed by atoms with Crippen molar-refractivity contribution in [2.75, 3.05) is 59.7 Å². The molecule has 1 heterocycles. The lowest BCUT2D eigenvalue weighted by Gasteiger charge is -2.24. The number of carbonyl (C=O) groups is 1. The molecule has 2 fully saturated rings. The molecule has 0 aromatic heterocycles. The standard InChI is InChI=1S/C15H28N2O3/c1-15(4-5-15)14(18)17-7-3-6-16(8-9-17)10-11-20-13-12-19-2/h3-13H2,1-2H3. The van der Waals surface area contributed by atoms with Crippen molar-refractivity contribution in [2.45, 2.75) is 26.2 Å². The molecule has 1 aliphatic heterocycles. The molecule has 0 unspecified atom stereocenters. The first-order valence-electron chi connectivity index (χ1n) is 7.74. The summed E-state index contributed by atoms with van der Waals surface area (Å²) in [5, 5.41) is 0. The second-order valence-electron chi connectivity index (χ2n) is 6.15. The zero-order chi connectivity index (χ0) is 14.4. The van der Waals surface area contributed by atoms with Gasteiger partial charge in [-0.25, -0.2) is 0 Å². The van der Waals surface area contributed by atoms with Gasteiger partial charge in [0.2, 0.25) is 5.91 Å². The van der Waals surface area contributed by atoms with Crippen molar-refractivity contribution in [3.8, 4) is 0 Å². The monoisotopic (exact) mass is 284 g/mol. The number of methoxy groups -OCH3 is 1. The fraction of sp³-hybridized carbons (Fsp3) is 0.933.